The van der Waals surface area contributed by atoms with E-state index in [1.807, 2.05) is 6.07 Å². The Balaban J connectivity index is 2.90. The van der Waals surface area contributed by atoms with Crippen molar-refractivity contribution in [2.24, 2.45) is 11.7 Å². The Morgan fingerprint density at radius 1 is 1.44 bits per heavy atom. The van der Waals surface area contributed by atoms with Crippen molar-refractivity contribution in [1.29, 1.82) is 0 Å². The Morgan fingerprint density at radius 3 is 2.50 bits per heavy atom. The molecule has 1 rings (SSSR count). The molecule has 1 aromatic carbocycles. The predicted molar refractivity (Wildman–Crippen MR) is 67.2 cm³/mol. The maximum atomic E-state index is 13.3. The van der Waals surface area contributed by atoms with Gasteiger partial charge in [-0.1, -0.05) is 38.4 Å². The smallest absolute Gasteiger partial charge is 0.142 e. The van der Waals surface area contributed by atoms with Gasteiger partial charge in [-0.25, -0.2) is 4.39 Å². The molecule has 0 aliphatic heterocycles. The fourth-order valence-corrected chi connectivity index (χ4v) is 1.88. The van der Waals surface area contributed by atoms with Crippen LogP contribution in [0.5, 0.6) is 0 Å². The summed E-state index contributed by atoms with van der Waals surface area (Å²) in [6, 6.07) is 4.90. The molecule has 0 fully saturated rings. The van der Waals surface area contributed by atoms with Crippen LogP contribution in [0.25, 0.3) is 0 Å². The molecule has 3 heteroatoms. The van der Waals surface area contributed by atoms with Crippen molar-refractivity contribution in [1.82, 2.24) is 0 Å². The van der Waals surface area contributed by atoms with Crippen LogP contribution in [0.2, 0.25) is 5.02 Å². The number of hydrogen-bond acceptors (Lipinski definition) is 1. The number of rotatable bonds is 4. The van der Waals surface area contributed by atoms with Gasteiger partial charge < -0.3 is 5.73 Å². The molecule has 0 bridgehead atoms. The third kappa shape index (κ3) is 2.96. The van der Waals surface area contributed by atoms with E-state index >= 15 is 0 Å². The summed E-state index contributed by atoms with van der Waals surface area (Å²) in [7, 11) is 0. The summed E-state index contributed by atoms with van der Waals surface area (Å²) in [5.41, 5.74) is 6.93. The van der Waals surface area contributed by atoms with Gasteiger partial charge >= 0.3 is 0 Å². The van der Waals surface area contributed by atoms with E-state index in [4.69, 9.17) is 17.3 Å². The summed E-state index contributed by atoms with van der Waals surface area (Å²) < 4.78 is 13.3. The first-order chi connectivity index (χ1) is 7.39. The van der Waals surface area contributed by atoms with Crippen LogP contribution in [0.15, 0.2) is 18.2 Å². The van der Waals surface area contributed by atoms with E-state index in [-0.39, 0.29) is 16.4 Å². The maximum Gasteiger partial charge on any atom is 0.142 e. The lowest BCUT2D eigenvalue weighted by Gasteiger charge is -2.32. The molecule has 1 nitrogen and oxygen atoms in total. The molecule has 1 aromatic rings. The average molecular weight is 244 g/mol. The Bertz CT molecular complexity index is 365. The van der Waals surface area contributed by atoms with E-state index in [0.717, 1.165) is 12.0 Å². The SMILES string of the molecule is CCC(N)(Cc1ccc(Cl)c(F)c1)C(C)C. The Hall–Kier alpha value is -0.600. The summed E-state index contributed by atoms with van der Waals surface area (Å²) in [5.74, 6) is -0.0161. The summed E-state index contributed by atoms with van der Waals surface area (Å²) in [6.07, 6.45) is 1.55. The number of benzene rings is 1. The third-order valence-electron chi connectivity index (χ3n) is 3.33. The first kappa shape index (κ1) is 13.5. The molecule has 0 aliphatic carbocycles. The summed E-state index contributed by atoms with van der Waals surface area (Å²) in [5, 5.41) is 0.160. The molecule has 16 heavy (non-hydrogen) atoms. The summed E-state index contributed by atoms with van der Waals surface area (Å²) in [4.78, 5) is 0. The highest BCUT2D eigenvalue weighted by molar-refractivity contribution is 6.30. The summed E-state index contributed by atoms with van der Waals surface area (Å²) >= 11 is 5.64. The minimum Gasteiger partial charge on any atom is -0.325 e. The molecule has 0 amide bonds. The molecule has 0 aromatic heterocycles. The van der Waals surface area contributed by atoms with Crippen LogP contribution in [0.4, 0.5) is 4.39 Å². The van der Waals surface area contributed by atoms with Crippen molar-refractivity contribution in [3.63, 3.8) is 0 Å². The van der Waals surface area contributed by atoms with Gasteiger partial charge in [-0.05, 0) is 36.5 Å². The standard InChI is InChI=1S/C13H19ClFN/c1-4-13(16,9(2)3)8-10-5-6-11(14)12(15)7-10/h5-7,9H,4,8,16H2,1-3H3. The fraction of sp³-hybridized carbons (Fsp3) is 0.538. The lowest BCUT2D eigenvalue weighted by Crippen LogP contribution is -2.46. The van der Waals surface area contributed by atoms with Gasteiger partial charge in [-0.3, -0.25) is 0 Å². The molecule has 0 aliphatic rings. The Labute approximate surface area is 102 Å². The van der Waals surface area contributed by atoms with Crippen LogP contribution < -0.4 is 5.73 Å². The van der Waals surface area contributed by atoms with Gasteiger partial charge in [-0.2, -0.15) is 0 Å². The van der Waals surface area contributed by atoms with Crippen LogP contribution in [0.3, 0.4) is 0 Å². The van der Waals surface area contributed by atoms with Gasteiger partial charge in [0.2, 0.25) is 0 Å². The quantitative estimate of drug-likeness (QED) is 0.856. The Morgan fingerprint density at radius 2 is 2.06 bits per heavy atom. The normalized spacial score (nSPS) is 15.2. The van der Waals surface area contributed by atoms with Crippen LogP contribution in [-0.2, 0) is 6.42 Å². The fourth-order valence-electron chi connectivity index (χ4n) is 1.77. The first-order valence-electron chi connectivity index (χ1n) is 5.62. The third-order valence-corrected chi connectivity index (χ3v) is 3.63. The first-order valence-corrected chi connectivity index (χ1v) is 5.99. The molecular weight excluding hydrogens is 225 g/mol. The number of halogens is 2. The van der Waals surface area contributed by atoms with E-state index in [0.29, 0.717) is 12.3 Å². The molecule has 1 atom stereocenters. The molecule has 1 unspecified atom stereocenters. The average Bonchev–Trinajstić information content (AvgIpc) is 2.23. The highest BCUT2D eigenvalue weighted by Gasteiger charge is 2.27. The Kier molecular flexibility index (Phi) is 4.34. The minimum absolute atomic E-state index is 0.160. The molecular formula is C13H19ClFN. The van der Waals surface area contributed by atoms with Gasteiger partial charge in [0.15, 0.2) is 0 Å². The van der Waals surface area contributed by atoms with Crippen LogP contribution >= 0.6 is 11.6 Å². The van der Waals surface area contributed by atoms with E-state index < -0.39 is 0 Å². The zero-order chi connectivity index (χ0) is 12.3. The van der Waals surface area contributed by atoms with Crippen molar-refractivity contribution in [2.45, 2.75) is 39.2 Å². The van der Waals surface area contributed by atoms with Crippen LogP contribution in [-0.4, -0.2) is 5.54 Å². The second-order valence-corrected chi connectivity index (χ2v) is 5.07. The monoisotopic (exact) mass is 243 g/mol. The highest BCUT2D eigenvalue weighted by atomic mass is 35.5. The minimum atomic E-state index is -0.374. The molecule has 0 radical (unpaired) electrons. The molecule has 0 saturated carbocycles. The lowest BCUT2D eigenvalue weighted by molar-refractivity contribution is 0.296. The van der Waals surface area contributed by atoms with Gasteiger partial charge in [0.1, 0.15) is 5.82 Å². The van der Waals surface area contributed by atoms with E-state index in [1.165, 1.54) is 6.07 Å². The van der Waals surface area contributed by atoms with Gasteiger partial charge in [0, 0.05) is 5.54 Å². The largest absolute Gasteiger partial charge is 0.325 e. The maximum absolute atomic E-state index is 13.3. The topological polar surface area (TPSA) is 26.0 Å². The zero-order valence-corrected chi connectivity index (χ0v) is 10.8. The van der Waals surface area contributed by atoms with E-state index in [1.54, 1.807) is 6.07 Å². The van der Waals surface area contributed by atoms with Gasteiger partial charge in [-0.15, -0.1) is 0 Å². The molecule has 0 saturated heterocycles. The molecule has 0 heterocycles. The number of nitrogens with two attached hydrogens (primary N) is 1. The second-order valence-electron chi connectivity index (χ2n) is 4.67. The summed E-state index contributed by atoms with van der Waals surface area (Å²) in [6.45, 7) is 6.25. The van der Waals surface area contributed by atoms with Crippen LogP contribution in [0, 0.1) is 11.7 Å². The van der Waals surface area contributed by atoms with Gasteiger partial charge in [0.25, 0.3) is 0 Å². The van der Waals surface area contributed by atoms with E-state index in [9.17, 15) is 4.39 Å². The van der Waals surface area contributed by atoms with E-state index in [2.05, 4.69) is 20.8 Å². The highest BCUT2D eigenvalue weighted by Crippen LogP contribution is 2.25. The molecule has 0 spiro atoms. The van der Waals surface area contributed by atoms with Crippen molar-refractivity contribution < 1.29 is 4.39 Å². The number of hydrogen-bond donors (Lipinski definition) is 1. The predicted octanol–water partition coefficient (Wildman–Crippen LogP) is 3.79. The van der Waals surface area contributed by atoms with Crippen LogP contribution in [0.1, 0.15) is 32.8 Å². The van der Waals surface area contributed by atoms with Crippen molar-refractivity contribution >= 4 is 11.6 Å². The van der Waals surface area contributed by atoms with Crippen molar-refractivity contribution in [3.05, 3.63) is 34.6 Å². The zero-order valence-electron chi connectivity index (χ0n) is 10.1. The second kappa shape index (κ2) is 5.15. The van der Waals surface area contributed by atoms with Gasteiger partial charge in [0.05, 0.1) is 5.02 Å². The molecule has 2 N–H and O–H groups in total. The van der Waals surface area contributed by atoms with Crippen molar-refractivity contribution in [2.75, 3.05) is 0 Å². The lowest BCUT2D eigenvalue weighted by atomic mass is 9.80. The molecule has 90 valence electrons. The van der Waals surface area contributed by atoms with Crippen molar-refractivity contribution in [3.8, 4) is 0 Å².